The molecule has 5 nitrogen and oxygen atoms in total. The fourth-order valence-corrected chi connectivity index (χ4v) is 3.96. The third kappa shape index (κ3) is 7.36. The molecule has 0 fully saturated rings. The van der Waals surface area contributed by atoms with Gasteiger partial charge in [0, 0.05) is 19.8 Å². The maximum atomic E-state index is 12.8. The Kier molecular flexibility index (Phi) is 9.97. The highest BCUT2D eigenvalue weighted by Gasteiger charge is 2.16. The van der Waals surface area contributed by atoms with Crippen molar-refractivity contribution >= 4 is 51.9 Å². The molecule has 0 aliphatic heterocycles. The standard InChI is InChI=1S/C29H26ClIN2O3/c1-4-6-22-13-21(14-23(17-32)29(34)33-25-12-7-19(3)26(30)16-25)15-27(35-5-2)28(22)36-18-20-8-10-24(31)11-9-20/h4,7-16H,1,5-6,18H2,2-3H3,(H,33,34)/b23-14-. The smallest absolute Gasteiger partial charge is 0.266 e. The lowest BCUT2D eigenvalue weighted by atomic mass is 10.0. The minimum absolute atomic E-state index is 0.0498. The number of benzene rings is 3. The molecule has 3 aromatic rings. The average Bonchev–Trinajstić information content (AvgIpc) is 2.85. The highest BCUT2D eigenvalue weighted by Crippen LogP contribution is 2.35. The van der Waals surface area contributed by atoms with Gasteiger partial charge >= 0.3 is 0 Å². The molecule has 3 rings (SSSR count). The first kappa shape index (κ1) is 27.3. The van der Waals surface area contributed by atoms with Crippen molar-refractivity contribution in [3.8, 4) is 17.6 Å². The fourth-order valence-electron chi connectivity index (χ4n) is 3.42. The van der Waals surface area contributed by atoms with Gasteiger partial charge in [0.2, 0.25) is 0 Å². The lowest BCUT2D eigenvalue weighted by Gasteiger charge is -2.17. The number of ether oxygens (including phenoxy) is 2. The highest BCUT2D eigenvalue weighted by atomic mass is 127. The molecule has 0 aliphatic carbocycles. The molecule has 1 amide bonds. The third-order valence-electron chi connectivity index (χ3n) is 5.22. The molecule has 3 aromatic carbocycles. The molecule has 0 saturated carbocycles. The van der Waals surface area contributed by atoms with Crippen LogP contribution in [0.5, 0.6) is 11.5 Å². The quantitative estimate of drug-likeness (QED) is 0.111. The van der Waals surface area contributed by atoms with Crippen LogP contribution in [-0.2, 0) is 17.8 Å². The summed E-state index contributed by atoms with van der Waals surface area (Å²) < 4.78 is 13.2. The summed E-state index contributed by atoms with van der Waals surface area (Å²) >= 11 is 8.42. The number of aryl methyl sites for hydroxylation is 1. The Hall–Kier alpha value is -3.28. The van der Waals surface area contributed by atoms with Crippen molar-refractivity contribution in [1.29, 1.82) is 5.26 Å². The van der Waals surface area contributed by atoms with Gasteiger partial charge in [-0.3, -0.25) is 4.79 Å². The van der Waals surface area contributed by atoms with Gasteiger partial charge in [-0.05, 0) is 102 Å². The van der Waals surface area contributed by atoms with Crippen molar-refractivity contribution in [3.05, 3.63) is 104 Å². The van der Waals surface area contributed by atoms with Crippen LogP contribution in [0, 0.1) is 21.8 Å². The number of anilines is 1. The van der Waals surface area contributed by atoms with Gasteiger partial charge in [0.05, 0.1) is 6.61 Å². The van der Waals surface area contributed by atoms with E-state index in [0.717, 1.165) is 20.3 Å². The van der Waals surface area contributed by atoms with E-state index in [2.05, 4.69) is 34.5 Å². The van der Waals surface area contributed by atoms with Crippen LogP contribution in [0.1, 0.15) is 29.2 Å². The maximum Gasteiger partial charge on any atom is 0.266 e. The summed E-state index contributed by atoms with van der Waals surface area (Å²) in [5.41, 5.74) is 3.88. The molecule has 0 aromatic heterocycles. The monoisotopic (exact) mass is 612 g/mol. The zero-order valence-corrected chi connectivity index (χ0v) is 23.0. The molecule has 0 aliphatic rings. The van der Waals surface area contributed by atoms with Crippen molar-refractivity contribution in [2.45, 2.75) is 26.9 Å². The van der Waals surface area contributed by atoms with Gasteiger partial charge in [-0.25, -0.2) is 0 Å². The SMILES string of the molecule is C=CCc1cc(/C=C(/C#N)C(=O)Nc2ccc(C)c(Cl)c2)cc(OCC)c1OCc1ccc(I)cc1. The molecule has 0 unspecified atom stereocenters. The molecule has 0 bridgehead atoms. The van der Waals surface area contributed by atoms with Crippen LogP contribution in [0.4, 0.5) is 5.69 Å². The van der Waals surface area contributed by atoms with E-state index in [-0.39, 0.29) is 5.57 Å². The Balaban J connectivity index is 1.92. The summed E-state index contributed by atoms with van der Waals surface area (Å²) in [6, 6.07) is 18.9. The lowest BCUT2D eigenvalue weighted by molar-refractivity contribution is -0.112. The number of nitrogens with zero attached hydrogens (tertiary/aromatic N) is 1. The molecule has 36 heavy (non-hydrogen) atoms. The first-order valence-corrected chi connectivity index (χ1v) is 12.8. The molecule has 0 heterocycles. The van der Waals surface area contributed by atoms with Gasteiger partial charge in [-0.2, -0.15) is 5.26 Å². The summed E-state index contributed by atoms with van der Waals surface area (Å²) in [6.07, 6.45) is 3.83. The maximum absolute atomic E-state index is 12.8. The normalized spacial score (nSPS) is 10.9. The van der Waals surface area contributed by atoms with Crippen molar-refractivity contribution in [2.75, 3.05) is 11.9 Å². The number of carbonyl (C=O) groups excluding carboxylic acids is 1. The van der Waals surface area contributed by atoms with Crippen LogP contribution >= 0.6 is 34.2 Å². The topological polar surface area (TPSA) is 71.4 Å². The number of nitriles is 1. The Labute approximate surface area is 230 Å². The van der Waals surface area contributed by atoms with Crippen LogP contribution in [0.25, 0.3) is 6.08 Å². The number of hydrogen-bond acceptors (Lipinski definition) is 4. The van der Waals surface area contributed by atoms with Gasteiger partial charge in [-0.15, -0.1) is 6.58 Å². The fraction of sp³-hybridized carbons (Fsp3) is 0.172. The van der Waals surface area contributed by atoms with Crippen LogP contribution in [0.2, 0.25) is 5.02 Å². The van der Waals surface area contributed by atoms with Gasteiger partial charge in [0.25, 0.3) is 5.91 Å². The first-order valence-electron chi connectivity index (χ1n) is 11.3. The number of rotatable bonds is 10. The number of amides is 1. The number of allylic oxidation sites excluding steroid dienone is 1. The summed E-state index contributed by atoms with van der Waals surface area (Å²) in [5, 5.41) is 12.9. The van der Waals surface area contributed by atoms with Crippen LogP contribution in [-0.4, -0.2) is 12.5 Å². The van der Waals surface area contributed by atoms with E-state index in [1.807, 2.05) is 50.2 Å². The van der Waals surface area contributed by atoms with E-state index in [4.69, 9.17) is 21.1 Å². The zero-order chi connectivity index (χ0) is 26.1. The zero-order valence-electron chi connectivity index (χ0n) is 20.1. The van der Waals surface area contributed by atoms with Crippen molar-refractivity contribution in [3.63, 3.8) is 0 Å². The largest absolute Gasteiger partial charge is 0.490 e. The van der Waals surface area contributed by atoms with E-state index in [9.17, 15) is 10.1 Å². The highest BCUT2D eigenvalue weighted by molar-refractivity contribution is 14.1. The second-order valence-electron chi connectivity index (χ2n) is 7.94. The van der Waals surface area contributed by atoms with Crippen molar-refractivity contribution in [1.82, 2.24) is 0 Å². The minimum Gasteiger partial charge on any atom is -0.490 e. The average molecular weight is 613 g/mol. The second-order valence-corrected chi connectivity index (χ2v) is 9.59. The number of hydrogen-bond donors (Lipinski definition) is 1. The molecule has 1 N–H and O–H groups in total. The van der Waals surface area contributed by atoms with Crippen molar-refractivity contribution in [2.24, 2.45) is 0 Å². The number of carbonyl (C=O) groups is 1. The molecule has 7 heteroatoms. The van der Waals surface area contributed by atoms with E-state index in [1.165, 1.54) is 6.08 Å². The predicted octanol–water partition coefficient (Wildman–Crippen LogP) is 7.50. The van der Waals surface area contributed by atoms with Gasteiger partial charge < -0.3 is 14.8 Å². The summed E-state index contributed by atoms with van der Waals surface area (Å²) in [7, 11) is 0. The molecule has 0 saturated heterocycles. The Bertz CT molecular complexity index is 1330. The van der Waals surface area contributed by atoms with E-state index in [1.54, 1.807) is 30.3 Å². The van der Waals surface area contributed by atoms with Gasteiger partial charge in [0.15, 0.2) is 11.5 Å². The Morgan fingerprint density at radius 1 is 1.17 bits per heavy atom. The molecule has 0 spiro atoms. The molecule has 0 atom stereocenters. The van der Waals surface area contributed by atoms with Crippen LogP contribution < -0.4 is 14.8 Å². The molecular weight excluding hydrogens is 587 g/mol. The molecular formula is C29H26ClIN2O3. The summed E-state index contributed by atoms with van der Waals surface area (Å²) in [5.74, 6) is 0.626. The summed E-state index contributed by atoms with van der Waals surface area (Å²) in [4.78, 5) is 12.8. The van der Waals surface area contributed by atoms with Gasteiger partial charge in [-0.1, -0.05) is 35.9 Å². The van der Waals surface area contributed by atoms with Gasteiger partial charge in [0.1, 0.15) is 18.2 Å². The first-order chi connectivity index (χ1) is 17.3. The lowest BCUT2D eigenvalue weighted by Crippen LogP contribution is -2.13. The number of nitrogens with one attached hydrogen (secondary N) is 1. The molecule has 184 valence electrons. The third-order valence-corrected chi connectivity index (χ3v) is 6.35. The number of halogens is 2. The van der Waals surface area contributed by atoms with Crippen LogP contribution in [0.3, 0.4) is 0 Å². The minimum atomic E-state index is -0.528. The Morgan fingerprint density at radius 3 is 2.56 bits per heavy atom. The van der Waals surface area contributed by atoms with Crippen molar-refractivity contribution < 1.29 is 14.3 Å². The molecule has 0 radical (unpaired) electrons. The van der Waals surface area contributed by atoms with Crippen LogP contribution in [0.15, 0.2) is 72.8 Å². The predicted molar refractivity (Wildman–Crippen MR) is 153 cm³/mol. The van der Waals surface area contributed by atoms with E-state index in [0.29, 0.717) is 47.4 Å². The van der Waals surface area contributed by atoms with E-state index >= 15 is 0 Å². The Morgan fingerprint density at radius 2 is 1.92 bits per heavy atom. The summed E-state index contributed by atoms with van der Waals surface area (Å²) in [6.45, 7) is 8.43. The second kappa shape index (κ2) is 13.1. The van der Waals surface area contributed by atoms with E-state index < -0.39 is 5.91 Å².